The molecule has 0 aromatic carbocycles. The Hall–Kier alpha value is -0.870. The van der Waals surface area contributed by atoms with Crippen LogP contribution in [0.2, 0.25) is 0 Å². The number of hydrogen-bond donors (Lipinski definition) is 2. The fourth-order valence-corrected chi connectivity index (χ4v) is 0.948. The van der Waals surface area contributed by atoms with E-state index in [2.05, 4.69) is 4.98 Å². The highest BCUT2D eigenvalue weighted by Gasteiger charge is 2.11. The monoisotopic (exact) mass is 155 g/mol. The highest BCUT2D eigenvalue weighted by Crippen LogP contribution is 2.12. The van der Waals surface area contributed by atoms with Gasteiger partial charge in [-0.15, -0.1) is 0 Å². The Kier molecular flexibility index (Phi) is 2.26. The van der Waals surface area contributed by atoms with Gasteiger partial charge in [-0.25, -0.2) is 4.98 Å². The smallest absolute Gasteiger partial charge is 0.110 e. The molecule has 1 atom stereocenters. The average molecular weight is 155 g/mol. The molecule has 0 amide bonds. The predicted octanol–water partition coefficient (Wildman–Crippen LogP) is -0.279. The van der Waals surface area contributed by atoms with Gasteiger partial charge in [0.1, 0.15) is 6.10 Å². The van der Waals surface area contributed by atoms with Crippen molar-refractivity contribution in [3.8, 4) is 0 Å². The lowest BCUT2D eigenvalue weighted by Crippen LogP contribution is -2.13. The largest absolute Gasteiger partial charge is 0.385 e. The Labute approximate surface area is 65.7 Å². The molecule has 4 nitrogen and oxygen atoms in total. The van der Waals surface area contributed by atoms with Crippen LogP contribution < -0.4 is 5.73 Å². The molecule has 1 aromatic heterocycles. The summed E-state index contributed by atoms with van der Waals surface area (Å²) in [5.74, 6) is 0. The van der Waals surface area contributed by atoms with Crippen molar-refractivity contribution >= 4 is 0 Å². The van der Waals surface area contributed by atoms with E-state index in [-0.39, 0.29) is 6.54 Å². The van der Waals surface area contributed by atoms with E-state index in [1.54, 1.807) is 6.33 Å². The van der Waals surface area contributed by atoms with Crippen molar-refractivity contribution in [2.45, 2.75) is 13.0 Å². The van der Waals surface area contributed by atoms with Crippen molar-refractivity contribution in [2.75, 3.05) is 6.54 Å². The number of imidazole rings is 1. The summed E-state index contributed by atoms with van der Waals surface area (Å²) in [5.41, 5.74) is 6.92. The first kappa shape index (κ1) is 8.23. The van der Waals surface area contributed by atoms with E-state index in [1.807, 2.05) is 18.5 Å². The molecular formula is C7H13N3O. The zero-order valence-electron chi connectivity index (χ0n) is 6.78. The van der Waals surface area contributed by atoms with Gasteiger partial charge >= 0.3 is 0 Å². The van der Waals surface area contributed by atoms with Crippen LogP contribution in [0.1, 0.15) is 17.5 Å². The minimum atomic E-state index is -0.629. The van der Waals surface area contributed by atoms with Crippen molar-refractivity contribution in [1.82, 2.24) is 9.55 Å². The Morgan fingerprint density at radius 3 is 2.82 bits per heavy atom. The van der Waals surface area contributed by atoms with Crippen LogP contribution in [-0.2, 0) is 7.05 Å². The van der Waals surface area contributed by atoms with E-state index in [0.717, 1.165) is 5.69 Å². The summed E-state index contributed by atoms with van der Waals surface area (Å²) in [6.07, 6.45) is 1.04. The molecule has 0 aliphatic heterocycles. The van der Waals surface area contributed by atoms with Crippen LogP contribution in [0.3, 0.4) is 0 Å². The molecule has 0 saturated heterocycles. The topological polar surface area (TPSA) is 64.1 Å². The minimum Gasteiger partial charge on any atom is -0.385 e. The number of aryl methyl sites for hydroxylation is 1. The van der Waals surface area contributed by atoms with Crippen molar-refractivity contribution in [3.05, 3.63) is 17.7 Å². The molecule has 1 rings (SSSR count). The van der Waals surface area contributed by atoms with Crippen molar-refractivity contribution in [3.63, 3.8) is 0 Å². The van der Waals surface area contributed by atoms with Gasteiger partial charge in [-0.3, -0.25) is 0 Å². The summed E-state index contributed by atoms with van der Waals surface area (Å²) in [5, 5.41) is 9.32. The van der Waals surface area contributed by atoms with E-state index < -0.39 is 6.10 Å². The van der Waals surface area contributed by atoms with Gasteiger partial charge in [0.25, 0.3) is 0 Å². The number of rotatable bonds is 2. The van der Waals surface area contributed by atoms with Crippen molar-refractivity contribution < 1.29 is 5.11 Å². The second-order valence-corrected chi connectivity index (χ2v) is 2.58. The Balaban J connectivity index is 2.94. The third kappa shape index (κ3) is 1.41. The summed E-state index contributed by atoms with van der Waals surface area (Å²) in [4.78, 5) is 4.02. The summed E-state index contributed by atoms with van der Waals surface area (Å²) in [7, 11) is 1.88. The van der Waals surface area contributed by atoms with E-state index in [4.69, 9.17) is 5.73 Å². The molecule has 3 N–H and O–H groups in total. The first-order valence-electron chi connectivity index (χ1n) is 3.52. The molecule has 0 aliphatic carbocycles. The normalized spacial score (nSPS) is 13.5. The lowest BCUT2D eigenvalue weighted by molar-refractivity contribution is 0.181. The average Bonchev–Trinajstić information content (AvgIpc) is 2.32. The first-order valence-corrected chi connectivity index (χ1v) is 3.52. The van der Waals surface area contributed by atoms with Crippen LogP contribution in [0.5, 0.6) is 0 Å². The van der Waals surface area contributed by atoms with Crippen LogP contribution in [-0.4, -0.2) is 21.2 Å². The lowest BCUT2D eigenvalue weighted by atomic mass is 10.2. The van der Waals surface area contributed by atoms with Crippen molar-refractivity contribution in [1.29, 1.82) is 0 Å². The number of hydrogen-bond acceptors (Lipinski definition) is 3. The van der Waals surface area contributed by atoms with Gasteiger partial charge in [0.15, 0.2) is 0 Å². The van der Waals surface area contributed by atoms with Gasteiger partial charge in [-0.05, 0) is 6.92 Å². The van der Waals surface area contributed by atoms with Crippen LogP contribution in [0.25, 0.3) is 0 Å². The summed E-state index contributed by atoms with van der Waals surface area (Å²) in [6.45, 7) is 2.12. The molecule has 62 valence electrons. The van der Waals surface area contributed by atoms with Crippen LogP contribution in [0, 0.1) is 6.92 Å². The van der Waals surface area contributed by atoms with Gasteiger partial charge in [-0.2, -0.15) is 0 Å². The highest BCUT2D eigenvalue weighted by molar-refractivity contribution is 5.13. The maximum atomic E-state index is 9.32. The third-order valence-electron chi connectivity index (χ3n) is 1.81. The highest BCUT2D eigenvalue weighted by atomic mass is 16.3. The Morgan fingerprint density at radius 2 is 2.45 bits per heavy atom. The molecule has 0 fully saturated rings. The molecule has 4 heteroatoms. The van der Waals surface area contributed by atoms with Crippen molar-refractivity contribution in [2.24, 2.45) is 12.8 Å². The zero-order chi connectivity index (χ0) is 8.43. The molecule has 0 bridgehead atoms. The molecule has 1 heterocycles. The number of aromatic nitrogens is 2. The number of aliphatic hydroxyl groups excluding tert-OH is 1. The maximum Gasteiger partial charge on any atom is 0.110 e. The van der Waals surface area contributed by atoms with Crippen LogP contribution in [0.4, 0.5) is 0 Å². The lowest BCUT2D eigenvalue weighted by Gasteiger charge is -2.05. The molecule has 0 radical (unpaired) electrons. The SMILES string of the molecule is Cc1c(C(O)CN)ncn1C. The number of aliphatic hydroxyl groups is 1. The van der Waals surface area contributed by atoms with Gasteiger partial charge < -0.3 is 15.4 Å². The van der Waals surface area contributed by atoms with Crippen LogP contribution >= 0.6 is 0 Å². The Morgan fingerprint density at radius 1 is 1.82 bits per heavy atom. The molecule has 1 aromatic rings. The molecule has 0 saturated carbocycles. The number of nitrogens with two attached hydrogens (primary N) is 1. The summed E-state index contributed by atoms with van der Waals surface area (Å²) < 4.78 is 1.86. The summed E-state index contributed by atoms with van der Waals surface area (Å²) in [6, 6.07) is 0. The van der Waals surface area contributed by atoms with Gasteiger partial charge in [0.05, 0.1) is 12.0 Å². The Bertz CT molecular complexity index is 244. The molecule has 0 spiro atoms. The second kappa shape index (κ2) is 3.02. The third-order valence-corrected chi connectivity index (χ3v) is 1.81. The molecule has 0 aliphatic rings. The van der Waals surface area contributed by atoms with Gasteiger partial charge in [-0.1, -0.05) is 0 Å². The van der Waals surface area contributed by atoms with Crippen LogP contribution in [0.15, 0.2) is 6.33 Å². The molecule has 1 unspecified atom stereocenters. The van der Waals surface area contributed by atoms with E-state index in [1.165, 1.54) is 0 Å². The number of nitrogens with zero attached hydrogens (tertiary/aromatic N) is 2. The predicted molar refractivity (Wildman–Crippen MR) is 42.0 cm³/mol. The minimum absolute atomic E-state index is 0.220. The first-order chi connectivity index (χ1) is 5.16. The quantitative estimate of drug-likeness (QED) is 0.617. The van der Waals surface area contributed by atoms with E-state index in [0.29, 0.717) is 5.69 Å². The van der Waals surface area contributed by atoms with Gasteiger partial charge in [0, 0.05) is 19.3 Å². The maximum absolute atomic E-state index is 9.32. The fourth-order valence-electron chi connectivity index (χ4n) is 0.948. The molecule has 11 heavy (non-hydrogen) atoms. The molecular weight excluding hydrogens is 142 g/mol. The van der Waals surface area contributed by atoms with E-state index >= 15 is 0 Å². The fraction of sp³-hybridized carbons (Fsp3) is 0.571. The van der Waals surface area contributed by atoms with E-state index in [9.17, 15) is 5.11 Å². The second-order valence-electron chi connectivity index (χ2n) is 2.58. The van der Waals surface area contributed by atoms with Gasteiger partial charge in [0.2, 0.25) is 0 Å². The summed E-state index contributed by atoms with van der Waals surface area (Å²) >= 11 is 0. The zero-order valence-corrected chi connectivity index (χ0v) is 6.78. The standard InChI is InChI=1S/C7H13N3O/c1-5-7(6(11)3-8)9-4-10(5)2/h4,6,11H,3,8H2,1-2H3.